The number of guanidine groups is 2. The number of halogens is 1. The van der Waals surface area contributed by atoms with Gasteiger partial charge in [-0.1, -0.05) is 58.3 Å². The van der Waals surface area contributed by atoms with E-state index in [1.165, 1.54) is 44.9 Å². The second kappa shape index (κ2) is 23.5. The van der Waals surface area contributed by atoms with Gasteiger partial charge in [0.2, 0.25) is 5.96 Å². The second-order valence-electron chi connectivity index (χ2n) is 5.72. The maximum absolute atomic E-state index is 10.2. The molecule has 0 atom stereocenters. The molecular formula is C16H37ClN5NaO2. The molecule has 0 aromatic rings. The number of rotatable bonds is 10. The normalized spacial score (nSPS) is 9.80. The van der Waals surface area contributed by atoms with E-state index >= 15 is 0 Å². The number of hydrogen-bond donors (Lipinski definition) is 4. The van der Waals surface area contributed by atoms with Crippen molar-refractivity contribution in [3.05, 3.63) is 0 Å². The van der Waals surface area contributed by atoms with Crippen molar-refractivity contribution in [2.45, 2.75) is 71.1 Å². The van der Waals surface area contributed by atoms with Gasteiger partial charge >= 0.3 is 35.5 Å². The van der Waals surface area contributed by atoms with E-state index in [9.17, 15) is 4.79 Å². The van der Waals surface area contributed by atoms with Gasteiger partial charge in [0, 0.05) is 20.5 Å². The molecule has 7 nitrogen and oxygen atoms in total. The molecule has 25 heavy (non-hydrogen) atoms. The summed E-state index contributed by atoms with van der Waals surface area (Å²) in [5.74, 6) is -0.698. The molecule has 0 rings (SSSR count). The monoisotopic (exact) mass is 389 g/mol. The molecule has 0 bridgehead atoms. The number of carboxylic acids is 1. The number of nitrogens with two attached hydrogens (primary N) is 2. The van der Waals surface area contributed by atoms with Gasteiger partial charge in [-0.2, -0.15) is 4.99 Å². The average molecular weight is 390 g/mol. The Kier molecular flexibility index (Phi) is 30.3. The third kappa shape index (κ3) is 31.7. The number of nitrogens with one attached hydrogen (secondary N) is 1. The first kappa shape index (κ1) is 32.2. The van der Waals surface area contributed by atoms with Gasteiger partial charge in [-0.15, -0.1) is 12.4 Å². The van der Waals surface area contributed by atoms with E-state index in [1.807, 2.05) is 0 Å². The van der Waals surface area contributed by atoms with Crippen molar-refractivity contribution in [3.8, 4) is 0 Å². The van der Waals surface area contributed by atoms with Crippen molar-refractivity contribution in [1.82, 2.24) is 4.90 Å². The Hall–Kier alpha value is -0.500. The summed E-state index contributed by atoms with van der Waals surface area (Å²) in [6.07, 6.45) is 11.5. The van der Waals surface area contributed by atoms with Crippen LogP contribution >= 0.6 is 12.4 Å². The number of unbranched alkanes of at least 4 members (excludes halogenated alkanes) is 8. The summed E-state index contributed by atoms with van der Waals surface area (Å²) in [7, 11) is 3.45. The summed E-state index contributed by atoms with van der Waals surface area (Å²) in [4.78, 5) is 15.2. The van der Waals surface area contributed by atoms with Crippen molar-refractivity contribution < 1.29 is 40.9 Å². The minimum atomic E-state index is -0.659. The minimum absolute atomic E-state index is 0. The van der Waals surface area contributed by atoms with Crippen LogP contribution in [0.5, 0.6) is 0 Å². The predicted octanol–water partition coefficient (Wildman–Crippen LogP) is 0.286. The van der Waals surface area contributed by atoms with Gasteiger partial charge in [0.25, 0.3) is 0 Å². The first-order valence-electron chi connectivity index (χ1n) is 8.38. The summed E-state index contributed by atoms with van der Waals surface area (Å²) in [6, 6.07) is 0. The maximum Gasteiger partial charge on any atom is 1.00 e. The van der Waals surface area contributed by atoms with Crippen LogP contribution < -0.4 is 41.0 Å². The largest absolute Gasteiger partial charge is 1.00 e. The van der Waals surface area contributed by atoms with Crippen LogP contribution in [0.1, 0.15) is 72.6 Å². The van der Waals surface area contributed by atoms with E-state index in [1.54, 1.807) is 19.0 Å². The first-order chi connectivity index (χ1) is 10.8. The van der Waals surface area contributed by atoms with E-state index in [-0.39, 0.29) is 55.3 Å². The number of carboxylic acid groups (broad SMARTS) is 1. The number of carbonyl (C=O) groups is 1. The molecule has 0 amide bonds. The number of aliphatic carboxylic acids is 1. The van der Waals surface area contributed by atoms with Crippen molar-refractivity contribution in [1.29, 1.82) is 5.41 Å². The van der Waals surface area contributed by atoms with Gasteiger partial charge in [-0.05, 0) is 6.42 Å². The Morgan fingerprint density at radius 2 is 1.44 bits per heavy atom. The molecular weight excluding hydrogens is 353 g/mol. The summed E-state index contributed by atoms with van der Waals surface area (Å²) in [5.41, 5.74) is 10.2. The molecule has 0 radical (unpaired) electrons. The van der Waals surface area contributed by atoms with Crippen molar-refractivity contribution in [3.63, 3.8) is 0 Å². The number of nitrogens with zero attached hydrogens (tertiary/aromatic N) is 2. The van der Waals surface area contributed by atoms with Crippen LogP contribution in [0.15, 0.2) is 4.99 Å². The molecule has 0 aliphatic heterocycles. The molecule has 0 saturated heterocycles. The van der Waals surface area contributed by atoms with Gasteiger partial charge in [-0.3, -0.25) is 10.2 Å². The van der Waals surface area contributed by atoms with Crippen LogP contribution in [0.4, 0.5) is 0 Å². The molecule has 146 valence electrons. The molecule has 9 heteroatoms. The van der Waals surface area contributed by atoms with Crippen molar-refractivity contribution >= 4 is 30.3 Å². The molecule has 0 aliphatic rings. The Morgan fingerprint density at radius 1 is 1.04 bits per heavy atom. The van der Waals surface area contributed by atoms with Crippen LogP contribution in [0.2, 0.25) is 0 Å². The fourth-order valence-corrected chi connectivity index (χ4v) is 1.81. The Labute approximate surface area is 182 Å². The quantitative estimate of drug-likeness (QED) is 0.185. The fraction of sp³-hybridized carbons (Fsp3) is 0.812. The van der Waals surface area contributed by atoms with E-state index in [0.717, 1.165) is 12.8 Å². The van der Waals surface area contributed by atoms with Crippen LogP contribution in [-0.2, 0) is 4.79 Å². The van der Waals surface area contributed by atoms with E-state index in [4.69, 9.17) is 22.0 Å². The summed E-state index contributed by atoms with van der Waals surface area (Å²) in [5, 5.41) is 15.1. The molecule has 0 saturated carbocycles. The summed E-state index contributed by atoms with van der Waals surface area (Å²) < 4.78 is 0. The Bertz CT molecular complexity index is 362. The molecule has 6 N–H and O–H groups in total. The number of aliphatic imine (C=N–C) groups is 1. The van der Waals surface area contributed by atoms with Crippen LogP contribution in [0.25, 0.3) is 0 Å². The molecule has 0 unspecified atom stereocenters. The van der Waals surface area contributed by atoms with Gasteiger partial charge in [0.15, 0.2) is 5.96 Å². The zero-order valence-electron chi connectivity index (χ0n) is 17.4. The van der Waals surface area contributed by atoms with Gasteiger partial charge in [0.1, 0.15) is 0 Å². The van der Waals surface area contributed by atoms with Crippen LogP contribution in [0, 0.1) is 5.41 Å². The summed E-state index contributed by atoms with van der Waals surface area (Å²) in [6.45, 7) is 2.23. The predicted molar refractivity (Wildman–Crippen MR) is 105 cm³/mol. The molecule has 0 aliphatic carbocycles. The fourth-order valence-electron chi connectivity index (χ4n) is 1.81. The van der Waals surface area contributed by atoms with Gasteiger partial charge in [0.05, 0.1) is 0 Å². The third-order valence-corrected chi connectivity index (χ3v) is 3.19. The first-order valence-corrected chi connectivity index (χ1v) is 8.38. The number of hydrogen-bond acceptors (Lipinski definition) is 2. The second-order valence-corrected chi connectivity index (χ2v) is 5.72. The zero-order valence-corrected chi connectivity index (χ0v) is 19.2. The summed E-state index contributed by atoms with van der Waals surface area (Å²) >= 11 is 0. The molecule has 0 fully saturated rings. The zero-order chi connectivity index (χ0) is 18.1. The van der Waals surface area contributed by atoms with Crippen molar-refractivity contribution in [2.24, 2.45) is 16.5 Å². The SMILES string of the molecule is CCCCCCCCCCCC(=O)O.CN(C)C(N)=NC(=N)N.Cl.[H-].[Na+]. The molecule has 0 spiro atoms. The third-order valence-electron chi connectivity index (χ3n) is 3.19. The standard InChI is InChI=1S/C12H24O2.C4H11N5.ClH.Na.H/c1-2-3-4-5-6-7-8-9-10-11-12(13)14;1-9(2)4(7)8-3(5)6;;;/h2-11H2,1H3,(H,13,14);1-2H3,(H5,5,6,7,8);1H;;/q;;;+1;-1. The molecule has 0 aromatic heterocycles. The van der Waals surface area contributed by atoms with Gasteiger partial charge < -0.3 is 22.9 Å². The average Bonchev–Trinajstić information content (AvgIpc) is 2.45. The molecule has 0 aromatic carbocycles. The van der Waals surface area contributed by atoms with Crippen molar-refractivity contribution in [2.75, 3.05) is 14.1 Å². The van der Waals surface area contributed by atoms with E-state index in [0.29, 0.717) is 6.42 Å². The topological polar surface area (TPSA) is 129 Å². The maximum atomic E-state index is 10.2. The molecule has 0 heterocycles. The Morgan fingerprint density at radius 3 is 1.72 bits per heavy atom. The Balaban J connectivity index is -0.000000109. The van der Waals surface area contributed by atoms with Crippen LogP contribution in [-0.4, -0.2) is 42.0 Å². The van der Waals surface area contributed by atoms with Gasteiger partial charge in [-0.25, -0.2) is 0 Å². The van der Waals surface area contributed by atoms with E-state index in [2.05, 4.69) is 11.9 Å². The van der Waals surface area contributed by atoms with E-state index < -0.39 is 5.97 Å². The smallest absolute Gasteiger partial charge is 1.00 e. The minimum Gasteiger partial charge on any atom is -1.00 e. The van der Waals surface area contributed by atoms with Crippen LogP contribution in [0.3, 0.4) is 0 Å².